The maximum atomic E-state index is 12.8. The van der Waals surface area contributed by atoms with Crippen LogP contribution in [0.4, 0.5) is 22.5 Å². The Balaban J connectivity index is 1.37. The van der Waals surface area contributed by atoms with Crippen LogP contribution in [0.1, 0.15) is 47.4 Å². The van der Waals surface area contributed by atoms with Crippen molar-refractivity contribution < 1.29 is 14.3 Å². The molecule has 38 heavy (non-hydrogen) atoms. The zero-order chi connectivity index (χ0) is 27.4. The van der Waals surface area contributed by atoms with Gasteiger partial charge in [-0.3, -0.25) is 14.5 Å². The van der Waals surface area contributed by atoms with Gasteiger partial charge in [0.2, 0.25) is 0 Å². The average molecular weight is 538 g/mol. The molecule has 0 atom stereocenters. The van der Waals surface area contributed by atoms with Crippen LogP contribution >= 0.6 is 11.3 Å². The summed E-state index contributed by atoms with van der Waals surface area (Å²) in [7, 11) is 0. The number of aryl methyl sites for hydroxylation is 3. The first kappa shape index (κ1) is 27.5. The van der Waals surface area contributed by atoms with E-state index in [-0.39, 0.29) is 18.4 Å². The van der Waals surface area contributed by atoms with E-state index in [1.807, 2.05) is 65.8 Å². The fourth-order valence-corrected chi connectivity index (χ4v) is 4.92. The van der Waals surface area contributed by atoms with Crippen molar-refractivity contribution >= 4 is 45.7 Å². The summed E-state index contributed by atoms with van der Waals surface area (Å²) in [4.78, 5) is 43.3. The number of ether oxygens (including phenoxy) is 1. The molecule has 2 N–H and O–H groups in total. The summed E-state index contributed by atoms with van der Waals surface area (Å²) in [5.41, 5.74) is 2.36. The predicted molar refractivity (Wildman–Crippen MR) is 151 cm³/mol. The van der Waals surface area contributed by atoms with Gasteiger partial charge in [0.15, 0.2) is 5.13 Å². The van der Waals surface area contributed by atoms with E-state index < -0.39 is 5.60 Å². The summed E-state index contributed by atoms with van der Waals surface area (Å²) in [5, 5.41) is 6.79. The van der Waals surface area contributed by atoms with Crippen molar-refractivity contribution in [2.45, 2.75) is 47.1 Å². The third-order valence-corrected chi connectivity index (χ3v) is 6.89. The van der Waals surface area contributed by atoms with Gasteiger partial charge in [0.05, 0.1) is 12.7 Å². The van der Waals surface area contributed by atoms with Crippen LogP contribution in [0, 0.1) is 20.8 Å². The number of hydrogen-bond acceptors (Lipinski definition) is 10. The fraction of sp³-hybridized carbons (Fsp3) is 0.444. The van der Waals surface area contributed by atoms with Gasteiger partial charge >= 0.3 is 5.97 Å². The molecule has 1 aliphatic rings. The molecule has 11 heteroatoms. The maximum Gasteiger partial charge on any atom is 0.320 e. The van der Waals surface area contributed by atoms with Crippen molar-refractivity contribution in [3.05, 3.63) is 52.3 Å². The summed E-state index contributed by atoms with van der Waals surface area (Å²) in [6.45, 7) is 14.6. The number of piperazine rings is 1. The van der Waals surface area contributed by atoms with E-state index in [4.69, 9.17) is 4.74 Å². The highest BCUT2D eigenvalue weighted by Gasteiger charge is 2.24. The first-order valence-electron chi connectivity index (χ1n) is 12.6. The number of benzene rings is 1. The topological polar surface area (TPSA) is 113 Å². The van der Waals surface area contributed by atoms with E-state index >= 15 is 0 Å². The van der Waals surface area contributed by atoms with Gasteiger partial charge in [-0.05, 0) is 52.7 Å². The number of para-hydroxylation sites is 1. The summed E-state index contributed by atoms with van der Waals surface area (Å²) in [6.07, 6.45) is 1.56. The Morgan fingerprint density at radius 2 is 1.74 bits per heavy atom. The number of thiazole rings is 1. The number of amides is 1. The number of carbonyl (C=O) groups excluding carboxylic acids is 2. The van der Waals surface area contributed by atoms with Gasteiger partial charge in [0.25, 0.3) is 5.91 Å². The SMILES string of the molecule is Cc1nc(Nc2ncc(C(=O)Nc3c(C)cccc3C)s2)cc(N2CCN(CC(=O)OC(C)(C)C)CC2)n1. The Morgan fingerprint density at radius 3 is 2.39 bits per heavy atom. The second-order valence-electron chi connectivity index (χ2n) is 10.4. The lowest BCUT2D eigenvalue weighted by molar-refractivity contribution is -0.156. The smallest absolute Gasteiger partial charge is 0.320 e. The highest BCUT2D eigenvalue weighted by molar-refractivity contribution is 7.17. The van der Waals surface area contributed by atoms with E-state index in [0.29, 0.717) is 21.7 Å². The van der Waals surface area contributed by atoms with E-state index in [9.17, 15) is 9.59 Å². The molecule has 1 aromatic carbocycles. The van der Waals surface area contributed by atoms with Crippen LogP contribution < -0.4 is 15.5 Å². The summed E-state index contributed by atoms with van der Waals surface area (Å²) >= 11 is 1.27. The number of nitrogens with zero attached hydrogens (tertiary/aromatic N) is 5. The minimum Gasteiger partial charge on any atom is -0.459 e. The van der Waals surface area contributed by atoms with E-state index in [1.165, 1.54) is 11.3 Å². The number of carbonyl (C=O) groups is 2. The Bertz CT molecular complexity index is 1290. The molecule has 202 valence electrons. The zero-order valence-corrected chi connectivity index (χ0v) is 23.6. The largest absolute Gasteiger partial charge is 0.459 e. The van der Waals surface area contributed by atoms with Crippen LogP contribution in [0.15, 0.2) is 30.5 Å². The van der Waals surface area contributed by atoms with E-state index in [1.54, 1.807) is 6.20 Å². The number of hydrogen-bond donors (Lipinski definition) is 2. The van der Waals surface area contributed by atoms with Gasteiger partial charge in [-0.2, -0.15) is 0 Å². The fourth-order valence-electron chi connectivity index (χ4n) is 4.20. The number of anilines is 4. The van der Waals surface area contributed by atoms with E-state index in [2.05, 4.69) is 35.4 Å². The standard InChI is InChI=1S/C27H35N7O3S/c1-17-8-7-9-18(2)24(17)32-25(36)20-15-28-26(38-20)31-21-14-22(30-19(3)29-21)34-12-10-33(11-13-34)16-23(35)37-27(4,5)6/h7-9,14-15H,10-13,16H2,1-6H3,(H,32,36)(H,28,29,30,31). The molecule has 0 unspecified atom stereocenters. The normalized spacial score (nSPS) is 14.3. The van der Waals surface area contributed by atoms with Gasteiger partial charge in [-0.15, -0.1) is 0 Å². The molecular formula is C27H35N7O3S. The van der Waals surface area contributed by atoms with Crippen LogP contribution in [-0.2, 0) is 9.53 Å². The van der Waals surface area contributed by atoms with Gasteiger partial charge in [0.1, 0.15) is 27.9 Å². The van der Waals surface area contributed by atoms with Crippen LogP contribution in [0.25, 0.3) is 0 Å². The van der Waals surface area contributed by atoms with Crippen LogP contribution in [0.3, 0.4) is 0 Å². The second-order valence-corrected chi connectivity index (χ2v) is 11.4. The number of nitrogens with one attached hydrogen (secondary N) is 2. The summed E-state index contributed by atoms with van der Waals surface area (Å²) < 4.78 is 5.44. The Hall–Kier alpha value is -3.57. The van der Waals surface area contributed by atoms with Crippen molar-refractivity contribution in [1.82, 2.24) is 19.9 Å². The number of aromatic nitrogens is 3. The second kappa shape index (κ2) is 11.4. The van der Waals surface area contributed by atoms with Crippen LogP contribution in [0.2, 0.25) is 0 Å². The molecule has 10 nitrogen and oxygen atoms in total. The zero-order valence-electron chi connectivity index (χ0n) is 22.8. The summed E-state index contributed by atoms with van der Waals surface area (Å²) in [6, 6.07) is 7.79. The molecule has 1 saturated heterocycles. The maximum absolute atomic E-state index is 12.8. The van der Waals surface area contributed by atoms with Crippen molar-refractivity contribution in [1.29, 1.82) is 0 Å². The Kier molecular flexibility index (Phi) is 8.27. The highest BCUT2D eigenvalue weighted by Crippen LogP contribution is 2.26. The molecule has 0 aliphatic carbocycles. The average Bonchev–Trinajstić information content (AvgIpc) is 3.29. The molecule has 1 fully saturated rings. The molecule has 2 aromatic heterocycles. The molecular weight excluding hydrogens is 502 g/mol. The van der Waals surface area contributed by atoms with Crippen molar-refractivity contribution in [2.75, 3.05) is 48.3 Å². The number of rotatable bonds is 7. The molecule has 4 rings (SSSR count). The van der Waals surface area contributed by atoms with Gasteiger partial charge < -0.3 is 20.3 Å². The first-order valence-corrected chi connectivity index (χ1v) is 13.4. The van der Waals surface area contributed by atoms with Crippen LogP contribution in [-0.4, -0.2) is 70.1 Å². The minimum absolute atomic E-state index is 0.197. The predicted octanol–water partition coefficient (Wildman–Crippen LogP) is 4.32. The minimum atomic E-state index is -0.483. The molecule has 1 aliphatic heterocycles. The third kappa shape index (κ3) is 7.26. The first-order chi connectivity index (χ1) is 18.0. The molecule has 0 spiro atoms. The highest BCUT2D eigenvalue weighted by atomic mass is 32.1. The van der Waals surface area contributed by atoms with Crippen molar-refractivity contribution in [3.8, 4) is 0 Å². The molecule has 0 bridgehead atoms. The van der Waals surface area contributed by atoms with Gasteiger partial charge in [0, 0.05) is 37.9 Å². The molecule has 3 aromatic rings. The third-order valence-electron chi connectivity index (χ3n) is 5.98. The lowest BCUT2D eigenvalue weighted by Crippen LogP contribution is -2.49. The van der Waals surface area contributed by atoms with E-state index in [0.717, 1.165) is 48.8 Å². The molecule has 0 saturated carbocycles. The monoisotopic (exact) mass is 537 g/mol. The van der Waals surface area contributed by atoms with Gasteiger partial charge in [-0.25, -0.2) is 15.0 Å². The van der Waals surface area contributed by atoms with Crippen LogP contribution in [0.5, 0.6) is 0 Å². The quantitative estimate of drug-likeness (QED) is 0.426. The van der Waals surface area contributed by atoms with Gasteiger partial charge in [-0.1, -0.05) is 29.5 Å². The number of esters is 1. The van der Waals surface area contributed by atoms with Crippen molar-refractivity contribution in [2.24, 2.45) is 0 Å². The molecule has 0 radical (unpaired) electrons. The molecule has 1 amide bonds. The Morgan fingerprint density at radius 1 is 1.05 bits per heavy atom. The molecule has 3 heterocycles. The lowest BCUT2D eigenvalue weighted by Gasteiger charge is -2.35. The Labute approximate surface area is 227 Å². The van der Waals surface area contributed by atoms with Crippen molar-refractivity contribution in [3.63, 3.8) is 0 Å². The lowest BCUT2D eigenvalue weighted by atomic mass is 10.1. The summed E-state index contributed by atoms with van der Waals surface area (Å²) in [5.74, 6) is 1.64.